The zero-order valence-electron chi connectivity index (χ0n) is 22.3. The molecule has 3 N–H and O–H groups in total. The summed E-state index contributed by atoms with van der Waals surface area (Å²) in [5, 5.41) is 35.0. The van der Waals surface area contributed by atoms with E-state index in [1.807, 2.05) is 34.6 Å². The topological polar surface area (TPSA) is 139 Å². The molecule has 2 saturated heterocycles. The van der Waals surface area contributed by atoms with Crippen LogP contribution in [0.25, 0.3) is 0 Å². The van der Waals surface area contributed by atoms with Gasteiger partial charge < -0.3 is 33.9 Å². The second kappa shape index (κ2) is 7.37. The quantitative estimate of drug-likeness (QED) is 0.398. The molecule has 2 aliphatic heterocycles. The number of epoxide rings is 1. The summed E-state index contributed by atoms with van der Waals surface area (Å²) in [4.78, 5) is 25.5. The molecule has 1 aromatic heterocycles. The highest BCUT2D eigenvalue weighted by Gasteiger charge is 2.89. The van der Waals surface area contributed by atoms with Crippen LogP contribution in [-0.2, 0) is 23.8 Å². The summed E-state index contributed by atoms with van der Waals surface area (Å²) >= 11 is 0. The van der Waals surface area contributed by atoms with Gasteiger partial charge in [-0.25, -0.2) is 4.79 Å². The first-order valence-electron chi connectivity index (χ1n) is 13.3. The third-order valence-corrected chi connectivity index (χ3v) is 11.6. The van der Waals surface area contributed by atoms with E-state index in [9.17, 15) is 24.9 Å². The van der Waals surface area contributed by atoms with Gasteiger partial charge in [0.05, 0.1) is 30.8 Å². The Morgan fingerprint density at radius 1 is 1.11 bits per heavy atom. The molecule has 3 saturated carbocycles. The Morgan fingerprint density at radius 3 is 2.43 bits per heavy atom. The fourth-order valence-corrected chi connectivity index (χ4v) is 10.0. The Kier molecular flexibility index (Phi) is 5.05. The van der Waals surface area contributed by atoms with Crippen LogP contribution >= 0.6 is 0 Å². The van der Waals surface area contributed by atoms with E-state index in [-0.39, 0.29) is 12.3 Å². The number of hydrogen-bond donors (Lipinski definition) is 3. The Balaban J connectivity index is 1.54. The third kappa shape index (κ3) is 2.69. The predicted octanol–water partition coefficient (Wildman–Crippen LogP) is 2.52. The minimum atomic E-state index is -1.25. The van der Waals surface area contributed by atoms with Crippen molar-refractivity contribution >= 4 is 11.9 Å². The molecule has 3 aliphatic carbocycles. The van der Waals surface area contributed by atoms with E-state index in [0.717, 1.165) is 5.56 Å². The Hall–Kier alpha value is -1.94. The molecule has 0 amide bonds. The Labute approximate surface area is 216 Å². The van der Waals surface area contributed by atoms with Gasteiger partial charge in [-0.15, -0.1) is 0 Å². The molecule has 12 atom stereocenters. The van der Waals surface area contributed by atoms with E-state index in [4.69, 9.17) is 18.6 Å². The fraction of sp³-hybridized carbons (Fsp3) is 0.786. The average molecular weight is 519 g/mol. The van der Waals surface area contributed by atoms with Crippen LogP contribution in [0.1, 0.15) is 72.5 Å². The van der Waals surface area contributed by atoms with Crippen molar-refractivity contribution in [3.8, 4) is 0 Å². The van der Waals surface area contributed by atoms with Gasteiger partial charge in [-0.05, 0) is 30.2 Å². The molecule has 5 aliphatic rings. The zero-order chi connectivity index (χ0) is 26.9. The largest absolute Gasteiger partial charge is 0.472 e. The van der Waals surface area contributed by atoms with Crippen molar-refractivity contribution in [3.63, 3.8) is 0 Å². The van der Waals surface area contributed by atoms with Crippen LogP contribution < -0.4 is 0 Å². The maximum Gasteiger partial charge on any atom is 0.339 e. The van der Waals surface area contributed by atoms with Crippen LogP contribution in [0.3, 0.4) is 0 Å². The highest BCUT2D eigenvalue weighted by molar-refractivity contribution is 5.82. The highest BCUT2D eigenvalue weighted by Crippen LogP contribution is 2.80. The van der Waals surface area contributed by atoms with E-state index in [2.05, 4.69) is 0 Å². The van der Waals surface area contributed by atoms with Gasteiger partial charge >= 0.3 is 11.9 Å². The molecular formula is C28H38O9. The normalized spacial score (nSPS) is 53.6. The molecule has 12 unspecified atom stereocenters. The number of cyclic esters (lactones) is 1. The lowest BCUT2D eigenvalue weighted by molar-refractivity contribution is -0.324. The molecular weight excluding hydrogens is 480 g/mol. The summed E-state index contributed by atoms with van der Waals surface area (Å²) in [6.45, 7) is 11.1. The van der Waals surface area contributed by atoms with Gasteiger partial charge in [0.1, 0.15) is 17.8 Å². The van der Waals surface area contributed by atoms with Crippen molar-refractivity contribution in [1.82, 2.24) is 0 Å². The Morgan fingerprint density at radius 2 is 1.81 bits per heavy atom. The van der Waals surface area contributed by atoms with E-state index >= 15 is 0 Å². The minimum absolute atomic E-state index is 0.225. The summed E-state index contributed by atoms with van der Waals surface area (Å²) in [6, 6.07) is 1.78. The lowest BCUT2D eigenvalue weighted by Gasteiger charge is -2.72. The first-order chi connectivity index (χ1) is 17.2. The number of esters is 2. The van der Waals surface area contributed by atoms with Crippen molar-refractivity contribution in [2.45, 2.75) is 103 Å². The van der Waals surface area contributed by atoms with Gasteiger partial charge in [0.25, 0.3) is 0 Å². The zero-order valence-corrected chi connectivity index (χ0v) is 22.3. The molecule has 37 heavy (non-hydrogen) atoms. The SMILES string of the molecule is CC(=O)OC1CC(O)C(C)(C)C2C(O)C(O)C3(C)C(CCC4(C)C(c5ccoc5)OC(=O)C5OC543)C12C. The number of aliphatic hydroxyl groups excluding tert-OH is 3. The molecule has 1 spiro atoms. The van der Waals surface area contributed by atoms with Gasteiger partial charge in [-0.2, -0.15) is 0 Å². The van der Waals surface area contributed by atoms with Crippen LogP contribution in [-0.4, -0.2) is 63.4 Å². The number of rotatable bonds is 2. The molecule has 204 valence electrons. The monoisotopic (exact) mass is 518 g/mol. The van der Waals surface area contributed by atoms with Crippen LogP contribution in [0.2, 0.25) is 0 Å². The number of hydrogen-bond acceptors (Lipinski definition) is 9. The van der Waals surface area contributed by atoms with Gasteiger partial charge in [0.2, 0.25) is 0 Å². The van der Waals surface area contributed by atoms with Crippen molar-refractivity contribution in [2.24, 2.45) is 33.5 Å². The smallest absolute Gasteiger partial charge is 0.339 e. The molecule has 9 nitrogen and oxygen atoms in total. The first kappa shape index (κ1) is 25.3. The number of fused-ring (bicyclic) bond motifs is 3. The van der Waals surface area contributed by atoms with Crippen molar-refractivity contribution in [2.75, 3.05) is 0 Å². The van der Waals surface area contributed by atoms with Crippen LogP contribution in [0.4, 0.5) is 0 Å². The minimum Gasteiger partial charge on any atom is -0.472 e. The average Bonchev–Trinajstić information content (AvgIpc) is 3.38. The Bertz CT molecular complexity index is 1130. The summed E-state index contributed by atoms with van der Waals surface area (Å²) in [6.07, 6.45) is -0.955. The van der Waals surface area contributed by atoms with Crippen molar-refractivity contribution in [1.29, 1.82) is 0 Å². The number of furan rings is 1. The molecule has 0 bridgehead atoms. The maximum absolute atomic E-state index is 13.2. The summed E-state index contributed by atoms with van der Waals surface area (Å²) < 4.78 is 23.5. The second-order valence-corrected chi connectivity index (χ2v) is 13.3. The highest BCUT2D eigenvalue weighted by atomic mass is 16.7. The van der Waals surface area contributed by atoms with Crippen LogP contribution in [0, 0.1) is 33.5 Å². The number of carbonyl (C=O) groups is 2. The molecule has 6 rings (SSSR count). The first-order valence-corrected chi connectivity index (χ1v) is 13.3. The molecule has 1 aromatic rings. The van der Waals surface area contributed by atoms with Gasteiger partial charge in [0.15, 0.2) is 6.10 Å². The second-order valence-electron chi connectivity index (χ2n) is 13.3. The molecule has 3 heterocycles. The predicted molar refractivity (Wildman–Crippen MR) is 128 cm³/mol. The summed E-state index contributed by atoms with van der Waals surface area (Å²) in [5.74, 6) is -1.80. The third-order valence-electron chi connectivity index (χ3n) is 11.6. The van der Waals surface area contributed by atoms with Crippen molar-refractivity contribution in [3.05, 3.63) is 24.2 Å². The molecule has 9 heteroatoms. The van der Waals surface area contributed by atoms with Crippen LogP contribution in [0.15, 0.2) is 23.0 Å². The van der Waals surface area contributed by atoms with Crippen LogP contribution in [0.5, 0.6) is 0 Å². The maximum atomic E-state index is 13.2. The molecule has 0 aromatic carbocycles. The number of aliphatic hydroxyl groups is 3. The summed E-state index contributed by atoms with van der Waals surface area (Å²) in [7, 11) is 0. The van der Waals surface area contributed by atoms with E-state index in [0.29, 0.717) is 12.8 Å². The van der Waals surface area contributed by atoms with Crippen molar-refractivity contribution < 1.29 is 43.5 Å². The van der Waals surface area contributed by atoms with E-state index in [1.54, 1.807) is 12.3 Å². The summed E-state index contributed by atoms with van der Waals surface area (Å²) in [5.41, 5.74) is -3.73. The standard InChI is InChI=1S/C28H38O9/c1-13(29)35-17-11-16(30)24(2,3)19-18(31)20(32)27(6)15(26(17,19)5)7-9-25(4)21(14-8-10-34-12-14)36-23(33)22-28(25,27)37-22/h8,10,12,15-22,30-32H,7,9,11H2,1-6H3. The molecule has 5 fully saturated rings. The molecule has 0 radical (unpaired) electrons. The lowest BCUT2D eigenvalue weighted by Crippen LogP contribution is -2.78. The fourth-order valence-electron chi connectivity index (χ4n) is 10.0. The lowest BCUT2D eigenvalue weighted by atomic mass is 9.33. The number of carbonyl (C=O) groups excluding carboxylic acids is 2. The van der Waals surface area contributed by atoms with E-state index in [1.165, 1.54) is 13.2 Å². The van der Waals surface area contributed by atoms with Gasteiger partial charge in [-0.3, -0.25) is 4.79 Å². The van der Waals surface area contributed by atoms with E-state index < -0.39 is 81.7 Å². The van der Waals surface area contributed by atoms with Gasteiger partial charge in [0, 0.05) is 41.1 Å². The number of ether oxygens (including phenoxy) is 3. The van der Waals surface area contributed by atoms with Gasteiger partial charge in [-0.1, -0.05) is 34.6 Å².